The van der Waals surface area contributed by atoms with E-state index in [9.17, 15) is 4.79 Å². The molecule has 0 atom stereocenters. The van der Waals surface area contributed by atoms with Crippen LogP contribution in [0.1, 0.15) is 81.5 Å². The number of nitrogens with one attached hydrogen (secondary N) is 1. The minimum atomic E-state index is -0.543. The lowest BCUT2D eigenvalue weighted by Crippen LogP contribution is -2.19. The fourth-order valence-electron chi connectivity index (χ4n) is 3.35. The first-order valence-corrected chi connectivity index (χ1v) is 10.4. The zero-order chi connectivity index (χ0) is 19.3. The van der Waals surface area contributed by atoms with E-state index in [1.165, 1.54) is 51.4 Å². The highest BCUT2D eigenvalue weighted by atomic mass is 16.5. The van der Waals surface area contributed by atoms with Crippen molar-refractivity contribution in [1.82, 2.24) is 5.48 Å². The van der Waals surface area contributed by atoms with Crippen molar-refractivity contribution in [2.75, 3.05) is 6.61 Å². The molecule has 4 nitrogen and oxygen atoms in total. The van der Waals surface area contributed by atoms with Crippen LogP contribution in [0.25, 0.3) is 10.8 Å². The Kier molecular flexibility index (Phi) is 9.70. The van der Waals surface area contributed by atoms with Gasteiger partial charge in [0.05, 0.1) is 12.2 Å². The fraction of sp³-hybridized carbons (Fsp3) is 0.522. The molecule has 0 unspecified atom stereocenters. The van der Waals surface area contributed by atoms with Crippen molar-refractivity contribution >= 4 is 16.7 Å². The van der Waals surface area contributed by atoms with Crippen LogP contribution in [0.2, 0.25) is 0 Å². The molecule has 0 aliphatic heterocycles. The van der Waals surface area contributed by atoms with Gasteiger partial charge in [-0.1, -0.05) is 89.0 Å². The van der Waals surface area contributed by atoms with Gasteiger partial charge in [0.15, 0.2) is 0 Å². The van der Waals surface area contributed by atoms with Gasteiger partial charge in [-0.15, -0.1) is 0 Å². The number of carbonyl (C=O) groups excluding carboxylic acids is 1. The van der Waals surface area contributed by atoms with E-state index in [1.807, 2.05) is 30.3 Å². The average Bonchev–Trinajstić information content (AvgIpc) is 2.70. The quantitative estimate of drug-likeness (QED) is 0.248. The van der Waals surface area contributed by atoms with Crippen LogP contribution in [-0.4, -0.2) is 17.7 Å². The molecule has 2 N–H and O–H groups in total. The predicted molar refractivity (Wildman–Crippen MR) is 111 cm³/mol. The second-order valence-corrected chi connectivity index (χ2v) is 7.17. The van der Waals surface area contributed by atoms with E-state index in [1.54, 1.807) is 11.5 Å². The molecule has 2 aromatic carbocycles. The van der Waals surface area contributed by atoms with Gasteiger partial charge < -0.3 is 4.74 Å². The minimum Gasteiger partial charge on any atom is -0.493 e. The first kappa shape index (κ1) is 21.2. The summed E-state index contributed by atoms with van der Waals surface area (Å²) >= 11 is 0. The molecular weight excluding hydrogens is 338 g/mol. The molecule has 2 aromatic rings. The Morgan fingerprint density at radius 3 is 2.04 bits per heavy atom. The van der Waals surface area contributed by atoms with Crippen LogP contribution in [0, 0.1) is 0 Å². The number of benzene rings is 2. The number of fused-ring (bicyclic) bond motifs is 1. The molecule has 0 fully saturated rings. The average molecular weight is 372 g/mol. The molecular formula is C23H33NO3. The van der Waals surface area contributed by atoms with Crippen LogP contribution >= 0.6 is 0 Å². The van der Waals surface area contributed by atoms with E-state index in [-0.39, 0.29) is 0 Å². The van der Waals surface area contributed by atoms with Crippen molar-refractivity contribution in [2.45, 2.75) is 71.1 Å². The molecule has 27 heavy (non-hydrogen) atoms. The van der Waals surface area contributed by atoms with Crippen molar-refractivity contribution in [3.8, 4) is 5.75 Å². The minimum absolute atomic E-state index is 0.364. The third kappa shape index (κ3) is 7.22. The van der Waals surface area contributed by atoms with Crippen LogP contribution in [0.5, 0.6) is 5.75 Å². The smallest absolute Gasteiger partial charge is 0.278 e. The van der Waals surface area contributed by atoms with Gasteiger partial charge in [-0.3, -0.25) is 10.0 Å². The van der Waals surface area contributed by atoms with Crippen LogP contribution < -0.4 is 10.2 Å². The summed E-state index contributed by atoms with van der Waals surface area (Å²) in [5.74, 6) is -0.0185. The summed E-state index contributed by atoms with van der Waals surface area (Å²) in [5, 5.41) is 11.0. The van der Waals surface area contributed by atoms with Gasteiger partial charge in [-0.05, 0) is 29.3 Å². The van der Waals surface area contributed by atoms with Crippen LogP contribution in [-0.2, 0) is 0 Å². The van der Waals surface area contributed by atoms with E-state index < -0.39 is 5.91 Å². The zero-order valence-corrected chi connectivity index (χ0v) is 16.5. The molecule has 1 amide bonds. The van der Waals surface area contributed by atoms with E-state index in [0.29, 0.717) is 17.9 Å². The number of unbranched alkanes of at least 4 members (excludes halogenated alkanes) is 9. The summed E-state index contributed by atoms with van der Waals surface area (Å²) in [6.07, 6.45) is 12.7. The van der Waals surface area contributed by atoms with Gasteiger partial charge in [-0.25, -0.2) is 5.48 Å². The summed E-state index contributed by atoms with van der Waals surface area (Å²) in [7, 11) is 0. The highest BCUT2D eigenvalue weighted by Crippen LogP contribution is 2.26. The molecule has 0 saturated carbocycles. The summed E-state index contributed by atoms with van der Waals surface area (Å²) in [4.78, 5) is 11.9. The molecule has 148 valence electrons. The molecule has 0 aromatic heterocycles. The Morgan fingerprint density at radius 2 is 1.44 bits per heavy atom. The first-order valence-electron chi connectivity index (χ1n) is 10.4. The largest absolute Gasteiger partial charge is 0.493 e. The molecule has 0 aliphatic carbocycles. The van der Waals surface area contributed by atoms with Crippen molar-refractivity contribution < 1.29 is 14.7 Å². The maximum Gasteiger partial charge on any atom is 0.278 e. The topological polar surface area (TPSA) is 58.6 Å². The molecule has 4 heteroatoms. The van der Waals surface area contributed by atoms with Gasteiger partial charge in [-0.2, -0.15) is 0 Å². The number of hydrogen-bond acceptors (Lipinski definition) is 3. The van der Waals surface area contributed by atoms with Crippen LogP contribution in [0.4, 0.5) is 0 Å². The third-order valence-electron chi connectivity index (χ3n) is 4.95. The molecule has 0 spiro atoms. The standard InChI is InChI=1S/C23H33NO3/c1-2-3-4-5-6-7-8-9-10-13-16-27-22-18-20-15-12-11-14-19(20)17-21(22)23(25)24-26/h11-12,14-15,17-18,26H,2-10,13,16H2,1H3,(H,24,25). The second kappa shape index (κ2) is 12.3. The number of rotatable bonds is 13. The van der Waals surface area contributed by atoms with Gasteiger partial charge in [0.1, 0.15) is 5.75 Å². The molecule has 0 radical (unpaired) electrons. The van der Waals surface area contributed by atoms with Gasteiger partial charge in [0, 0.05) is 0 Å². The lowest BCUT2D eigenvalue weighted by molar-refractivity contribution is 0.0702. The molecule has 2 rings (SSSR count). The van der Waals surface area contributed by atoms with E-state index in [0.717, 1.165) is 23.6 Å². The van der Waals surface area contributed by atoms with Crippen molar-refractivity contribution in [1.29, 1.82) is 0 Å². The Balaban J connectivity index is 1.73. The summed E-state index contributed by atoms with van der Waals surface area (Å²) in [5.41, 5.74) is 2.07. The maximum atomic E-state index is 11.9. The Hall–Kier alpha value is -2.07. The summed E-state index contributed by atoms with van der Waals surface area (Å²) < 4.78 is 5.87. The first-order chi connectivity index (χ1) is 13.3. The fourth-order valence-corrected chi connectivity index (χ4v) is 3.35. The lowest BCUT2D eigenvalue weighted by Gasteiger charge is -2.12. The van der Waals surface area contributed by atoms with Gasteiger partial charge in [0.25, 0.3) is 5.91 Å². The Labute approximate surface area is 162 Å². The van der Waals surface area contributed by atoms with E-state index in [4.69, 9.17) is 9.94 Å². The van der Waals surface area contributed by atoms with Crippen LogP contribution in [0.15, 0.2) is 36.4 Å². The number of hydroxylamine groups is 1. The molecule has 0 bridgehead atoms. The number of ether oxygens (including phenoxy) is 1. The third-order valence-corrected chi connectivity index (χ3v) is 4.95. The molecule has 0 heterocycles. The number of amides is 1. The molecule has 0 saturated heterocycles. The highest BCUT2D eigenvalue weighted by Gasteiger charge is 2.13. The SMILES string of the molecule is CCCCCCCCCCCCOc1cc2ccccc2cc1C(=O)NO. The lowest BCUT2D eigenvalue weighted by atomic mass is 10.1. The summed E-state index contributed by atoms with van der Waals surface area (Å²) in [6.45, 7) is 2.83. The van der Waals surface area contributed by atoms with Gasteiger partial charge in [0.2, 0.25) is 0 Å². The Morgan fingerprint density at radius 1 is 0.889 bits per heavy atom. The zero-order valence-electron chi connectivity index (χ0n) is 16.5. The van der Waals surface area contributed by atoms with Crippen molar-refractivity contribution in [2.24, 2.45) is 0 Å². The van der Waals surface area contributed by atoms with E-state index >= 15 is 0 Å². The van der Waals surface area contributed by atoms with Crippen molar-refractivity contribution in [3.05, 3.63) is 42.0 Å². The van der Waals surface area contributed by atoms with E-state index in [2.05, 4.69) is 6.92 Å². The second-order valence-electron chi connectivity index (χ2n) is 7.17. The Bertz CT molecular complexity index is 699. The number of carbonyl (C=O) groups is 1. The highest BCUT2D eigenvalue weighted by molar-refractivity contribution is 6.01. The number of hydrogen-bond donors (Lipinski definition) is 2. The monoisotopic (exact) mass is 371 g/mol. The van der Waals surface area contributed by atoms with Gasteiger partial charge >= 0.3 is 0 Å². The predicted octanol–water partition coefficient (Wildman–Crippen LogP) is 6.26. The molecule has 0 aliphatic rings. The van der Waals surface area contributed by atoms with Crippen LogP contribution in [0.3, 0.4) is 0 Å². The van der Waals surface area contributed by atoms with Crippen molar-refractivity contribution in [3.63, 3.8) is 0 Å². The summed E-state index contributed by atoms with van der Waals surface area (Å²) in [6, 6.07) is 11.4. The normalized spacial score (nSPS) is 10.9. The maximum absolute atomic E-state index is 11.9.